The van der Waals surface area contributed by atoms with Crippen molar-refractivity contribution in [3.63, 3.8) is 0 Å². The van der Waals surface area contributed by atoms with Crippen LogP contribution in [-0.4, -0.2) is 4.98 Å². The first kappa shape index (κ1) is 16.4. The highest BCUT2D eigenvalue weighted by atomic mass is 32.2. The lowest BCUT2D eigenvalue weighted by Gasteiger charge is -2.16. The van der Waals surface area contributed by atoms with E-state index in [-0.39, 0.29) is 0 Å². The van der Waals surface area contributed by atoms with Crippen molar-refractivity contribution in [1.29, 1.82) is 0 Å². The van der Waals surface area contributed by atoms with E-state index in [2.05, 4.69) is 49.4 Å². The lowest BCUT2D eigenvalue weighted by Crippen LogP contribution is -2.06. The molecule has 114 valence electrons. The molecule has 0 saturated heterocycles. The van der Waals surface area contributed by atoms with Crippen LogP contribution in [0.5, 0.6) is 0 Å². The number of thioether (sulfide) groups is 1. The van der Waals surface area contributed by atoms with Crippen molar-refractivity contribution in [3.05, 3.63) is 71.7 Å². The summed E-state index contributed by atoms with van der Waals surface area (Å²) in [5.41, 5.74) is 5.56. The van der Waals surface area contributed by atoms with Gasteiger partial charge in [0.1, 0.15) is 0 Å². The summed E-state index contributed by atoms with van der Waals surface area (Å²) in [5, 5.41) is 4.06. The number of allylic oxidation sites excluding steroid dienone is 1. The topological polar surface area (TPSA) is 24.9 Å². The Labute approximate surface area is 137 Å². The van der Waals surface area contributed by atoms with Gasteiger partial charge in [-0.1, -0.05) is 62.2 Å². The van der Waals surface area contributed by atoms with E-state index in [1.807, 2.05) is 31.3 Å². The number of rotatable bonds is 6. The Hall–Kier alpha value is -2.00. The number of hydrogen-bond donors (Lipinski definition) is 1. The monoisotopic (exact) mass is 310 g/mol. The molecule has 0 radical (unpaired) electrons. The molecule has 0 fully saturated rings. The van der Waals surface area contributed by atoms with Gasteiger partial charge < -0.3 is 5.32 Å². The molecule has 3 heteroatoms. The zero-order valence-electron chi connectivity index (χ0n) is 13.4. The highest BCUT2D eigenvalue weighted by Crippen LogP contribution is 2.37. The van der Waals surface area contributed by atoms with Crippen molar-refractivity contribution >= 4 is 11.8 Å². The van der Waals surface area contributed by atoms with E-state index in [1.165, 1.54) is 16.0 Å². The zero-order valence-corrected chi connectivity index (χ0v) is 14.3. The molecular weight excluding hydrogens is 288 g/mol. The fraction of sp³-hybridized carbons (Fsp3) is 0.211. The molecule has 1 heterocycles. The first-order valence-electron chi connectivity index (χ1n) is 7.36. The van der Waals surface area contributed by atoms with Gasteiger partial charge in [0.2, 0.25) is 0 Å². The second-order valence-electron chi connectivity index (χ2n) is 5.22. The minimum Gasteiger partial charge on any atom is -0.355 e. The number of aromatic nitrogens is 1. The average molecular weight is 310 g/mol. The third-order valence-electron chi connectivity index (χ3n) is 3.37. The quantitative estimate of drug-likeness (QED) is 0.732. The van der Waals surface area contributed by atoms with Crippen LogP contribution in [0.25, 0.3) is 11.1 Å². The molecule has 1 aromatic carbocycles. The minimum atomic E-state index is 0.876. The molecule has 22 heavy (non-hydrogen) atoms. The van der Waals surface area contributed by atoms with Crippen LogP contribution in [0, 0.1) is 6.92 Å². The highest BCUT2D eigenvalue weighted by molar-refractivity contribution is 8.03. The third kappa shape index (κ3) is 3.80. The number of pyridine rings is 1. The zero-order chi connectivity index (χ0) is 16.1. The number of hydrogen-bond acceptors (Lipinski definition) is 3. The van der Waals surface area contributed by atoms with Gasteiger partial charge in [-0.3, -0.25) is 4.98 Å². The SMILES string of the molecule is C=C(C)NC(=C)Sc1c(-c2ccccc2)cnc(CC)c1C. The Kier molecular flexibility index (Phi) is 5.45. The average Bonchev–Trinajstić information content (AvgIpc) is 2.49. The van der Waals surface area contributed by atoms with Gasteiger partial charge in [0.05, 0.1) is 5.03 Å². The van der Waals surface area contributed by atoms with Gasteiger partial charge in [0, 0.05) is 28.0 Å². The van der Waals surface area contributed by atoms with Gasteiger partial charge >= 0.3 is 0 Å². The summed E-state index contributed by atoms with van der Waals surface area (Å²) in [6.07, 6.45) is 2.90. The summed E-state index contributed by atoms with van der Waals surface area (Å²) in [5.74, 6) is 0. The Morgan fingerprint density at radius 1 is 1.23 bits per heavy atom. The smallest absolute Gasteiger partial charge is 0.0698 e. The van der Waals surface area contributed by atoms with Gasteiger partial charge in [-0.15, -0.1) is 0 Å². The van der Waals surface area contributed by atoms with Gasteiger partial charge in [0.15, 0.2) is 0 Å². The second-order valence-corrected chi connectivity index (χ2v) is 6.33. The van der Waals surface area contributed by atoms with Crippen LogP contribution in [0.1, 0.15) is 25.1 Å². The third-order valence-corrected chi connectivity index (χ3v) is 4.44. The molecule has 0 unspecified atom stereocenters. The predicted octanol–water partition coefficient (Wildman–Crippen LogP) is 5.31. The molecule has 1 aromatic heterocycles. The molecule has 1 N–H and O–H groups in total. The Bertz CT molecular complexity index is 690. The van der Waals surface area contributed by atoms with E-state index in [4.69, 9.17) is 0 Å². The van der Waals surface area contributed by atoms with Crippen LogP contribution in [-0.2, 0) is 6.42 Å². The Morgan fingerprint density at radius 2 is 1.91 bits per heavy atom. The fourth-order valence-corrected chi connectivity index (χ4v) is 3.35. The number of benzene rings is 1. The van der Waals surface area contributed by atoms with Crippen molar-refractivity contribution in [2.45, 2.75) is 32.1 Å². The van der Waals surface area contributed by atoms with Gasteiger partial charge in [0.25, 0.3) is 0 Å². The summed E-state index contributed by atoms with van der Waals surface area (Å²) in [7, 11) is 0. The molecule has 0 saturated carbocycles. The molecule has 0 atom stereocenters. The Balaban J connectivity index is 2.48. The van der Waals surface area contributed by atoms with E-state index in [0.717, 1.165) is 28.4 Å². The van der Waals surface area contributed by atoms with Crippen molar-refractivity contribution in [2.75, 3.05) is 0 Å². The minimum absolute atomic E-state index is 0.876. The van der Waals surface area contributed by atoms with Crippen LogP contribution in [0.3, 0.4) is 0 Å². The summed E-state index contributed by atoms with van der Waals surface area (Å²) in [4.78, 5) is 5.83. The van der Waals surface area contributed by atoms with Gasteiger partial charge in [-0.05, 0) is 31.4 Å². The predicted molar refractivity (Wildman–Crippen MR) is 96.7 cm³/mol. The van der Waals surface area contributed by atoms with Crippen LogP contribution in [0.15, 0.2) is 65.3 Å². The van der Waals surface area contributed by atoms with Gasteiger partial charge in [-0.25, -0.2) is 0 Å². The number of nitrogens with one attached hydrogen (secondary N) is 1. The van der Waals surface area contributed by atoms with E-state index in [9.17, 15) is 0 Å². The molecule has 0 amide bonds. The summed E-state index contributed by atoms with van der Waals surface area (Å²) >= 11 is 1.64. The lowest BCUT2D eigenvalue weighted by atomic mass is 10.0. The Morgan fingerprint density at radius 3 is 2.50 bits per heavy atom. The lowest BCUT2D eigenvalue weighted by molar-refractivity contribution is 0.983. The van der Waals surface area contributed by atoms with Crippen LogP contribution in [0.2, 0.25) is 0 Å². The van der Waals surface area contributed by atoms with E-state index in [0.29, 0.717) is 0 Å². The highest BCUT2D eigenvalue weighted by Gasteiger charge is 2.14. The maximum absolute atomic E-state index is 4.62. The number of aryl methyl sites for hydroxylation is 1. The first-order chi connectivity index (χ1) is 10.5. The molecule has 0 aliphatic rings. The second kappa shape index (κ2) is 7.32. The van der Waals surface area contributed by atoms with E-state index >= 15 is 0 Å². The molecular formula is C19H22N2S. The van der Waals surface area contributed by atoms with Crippen molar-refractivity contribution < 1.29 is 0 Å². The molecule has 2 nitrogen and oxygen atoms in total. The molecule has 0 aliphatic carbocycles. The van der Waals surface area contributed by atoms with Crippen LogP contribution in [0.4, 0.5) is 0 Å². The van der Waals surface area contributed by atoms with E-state index in [1.54, 1.807) is 11.8 Å². The van der Waals surface area contributed by atoms with Crippen molar-refractivity contribution in [2.24, 2.45) is 0 Å². The van der Waals surface area contributed by atoms with Gasteiger partial charge in [-0.2, -0.15) is 0 Å². The summed E-state index contributed by atoms with van der Waals surface area (Å²) in [6.45, 7) is 14.2. The largest absolute Gasteiger partial charge is 0.355 e. The van der Waals surface area contributed by atoms with E-state index < -0.39 is 0 Å². The molecule has 2 rings (SSSR count). The normalized spacial score (nSPS) is 10.3. The molecule has 2 aromatic rings. The molecule has 0 spiro atoms. The number of nitrogens with zero attached hydrogens (tertiary/aromatic N) is 1. The van der Waals surface area contributed by atoms with Crippen LogP contribution < -0.4 is 5.32 Å². The maximum Gasteiger partial charge on any atom is 0.0698 e. The first-order valence-corrected chi connectivity index (χ1v) is 8.17. The maximum atomic E-state index is 4.62. The summed E-state index contributed by atoms with van der Waals surface area (Å²) < 4.78 is 0. The fourth-order valence-electron chi connectivity index (χ4n) is 2.33. The van der Waals surface area contributed by atoms with Crippen molar-refractivity contribution in [3.8, 4) is 11.1 Å². The standard InChI is InChI=1S/C19H22N2S/c1-6-18-14(4)19(22-15(5)21-13(2)3)17(12-20-18)16-10-8-7-9-11-16/h7-12,21H,2,5-6H2,1,3-4H3. The molecule has 0 bridgehead atoms. The molecule has 0 aliphatic heterocycles. The summed E-state index contributed by atoms with van der Waals surface area (Å²) in [6, 6.07) is 10.3. The van der Waals surface area contributed by atoms with Crippen LogP contribution >= 0.6 is 11.8 Å². The van der Waals surface area contributed by atoms with Crippen molar-refractivity contribution in [1.82, 2.24) is 10.3 Å².